The lowest BCUT2D eigenvalue weighted by molar-refractivity contribution is 0.0890. The van der Waals surface area contributed by atoms with E-state index in [9.17, 15) is 9.18 Å². The molecule has 0 spiro atoms. The number of hydrogen-bond acceptors (Lipinski definition) is 5. The maximum absolute atomic E-state index is 13.6. The Labute approximate surface area is 192 Å². The summed E-state index contributed by atoms with van der Waals surface area (Å²) in [7, 11) is 1.67. The minimum atomic E-state index is -0.408. The Morgan fingerprint density at radius 1 is 1.06 bits per heavy atom. The van der Waals surface area contributed by atoms with Gasteiger partial charge in [-0.25, -0.2) is 4.39 Å². The van der Waals surface area contributed by atoms with E-state index in [1.54, 1.807) is 30.6 Å². The molecule has 1 N–H and O–H groups in total. The lowest BCUT2D eigenvalue weighted by Crippen LogP contribution is -2.52. The molecule has 1 aliphatic heterocycles. The van der Waals surface area contributed by atoms with E-state index in [-0.39, 0.29) is 18.0 Å². The highest BCUT2D eigenvalue weighted by atomic mass is 32.1. The van der Waals surface area contributed by atoms with Crippen molar-refractivity contribution in [3.8, 4) is 5.75 Å². The topological polar surface area (TPSA) is 44.8 Å². The van der Waals surface area contributed by atoms with Gasteiger partial charge >= 0.3 is 0 Å². The van der Waals surface area contributed by atoms with E-state index in [2.05, 4.69) is 38.7 Å². The molecule has 0 aliphatic carbocycles. The summed E-state index contributed by atoms with van der Waals surface area (Å²) in [5.41, 5.74) is 1.52. The Balaban J connectivity index is 1.45. The summed E-state index contributed by atoms with van der Waals surface area (Å²) >= 11 is 1.70. The Morgan fingerprint density at radius 3 is 2.44 bits per heavy atom. The second kappa shape index (κ2) is 10.1. The standard InChI is InChI=1S/C25H28FN3O2S/c1-18(27-25(30)19-5-3-6-20(26)17-19)24(23-7-4-16-32-23)29-14-12-28(13-15-29)21-8-10-22(31-2)11-9-21/h3-11,16-18,24H,12-15H2,1-2H3,(H,27,30)/t18-,24+/m0/s1. The molecule has 168 valence electrons. The first kappa shape index (κ1) is 22.3. The Hall–Kier alpha value is -2.90. The Kier molecular flexibility index (Phi) is 7.07. The second-order valence-corrected chi connectivity index (χ2v) is 8.93. The molecular weight excluding hydrogens is 425 g/mol. The van der Waals surface area contributed by atoms with Gasteiger partial charge in [-0.3, -0.25) is 9.69 Å². The van der Waals surface area contributed by atoms with Crippen LogP contribution in [0.1, 0.15) is 28.2 Å². The molecule has 1 saturated heterocycles. The van der Waals surface area contributed by atoms with Gasteiger partial charge in [-0.2, -0.15) is 0 Å². The van der Waals surface area contributed by atoms with Crippen molar-refractivity contribution in [3.05, 3.63) is 82.3 Å². The molecule has 5 nitrogen and oxygen atoms in total. The van der Waals surface area contributed by atoms with Crippen LogP contribution in [0.25, 0.3) is 0 Å². The second-order valence-electron chi connectivity index (χ2n) is 7.95. The highest BCUT2D eigenvalue weighted by Gasteiger charge is 2.31. The van der Waals surface area contributed by atoms with Gasteiger partial charge in [-0.1, -0.05) is 12.1 Å². The van der Waals surface area contributed by atoms with Crippen LogP contribution < -0.4 is 15.0 Å². The first-order valence-electron chi connectivity index (χ1n) is 10.8. The molecule has 0 unspecified atom stereocenters. The number of carbonyl (C=O) groups is 1. The van der Waals surface area contributed by atoms with Crippen molar-refractivity contribution in [1.82, 2.24) is 10.2 Å². The zero-order valence-electron chi connectivity index (χ0n) is 18.3. The first-order chi connectivity index (χ1) is 15.5. The third-order valence-corrected chi connectivity index (χ3v) is 6.84. The van der Waals surface area contributed by atoms with Crippen LogP contribution in [0.2, 0.25) is 0 Å². The predicted molar refractivity (Wildman–Crippen MR) is 127 cm³/mol. The molecule has 2 heterocycles. The molecular formula is C25H28FN3O2S. The maximum Gasteiger partial charge on any atom is 0.251 e. The van der Waals surface area contributed by atoms with Crippen LogP contribution in [0.3, 0.4) is 0 Å². The number of thiophene rings is 1. The fourth-order valence-corrected chi connectivity index (χ4v) is 5.22. The van der Waals surface area contributed by atoms with Gasteiger partial charge in [0.25, 0.3) is 5.91 Å². The number of piperazine rings is 1. The maximum atomic E-state index is 13.6. The van der Waals surface area contributed by atoms with Crippen LogP contribution in [-0.4, -0.2) is 50.1 Å². The summed E-state index contributed by atoms with van der Waals surface area (Å²) in [6.07, 6.45) is 0. The van der Waals surface area contributed by atoms with Crippen LogP contribution in [0.4, 0.5) is 10.1 Å². The number of ether oxygens (including phenoxy) is 1. The molecule has 2 aromatic carbocycles. The van der Waals surface area contributed by atoms with Gasteiger partial charge in [-0.15, -0.1) is 11.3 Å². The molecule has 7 heteroatoms. The normalized spacial score (nSPS) is 16.4. The minimum absolute atomic E-state index is 0.0607. The number of nitrogens with one attached hydrogen (secondary N) is 1. The SMILES string of the molecule is COc1ccc(N2CCN([C@@H](c3cccs3)[C@H](C)NC(=O)c3cccc(F)c3)CC2)cc1. The number of nitrogens with zero attached hydrogens (tertiary/aromatic N) is 2. The van der Waals surface area contributed by atoms with E-state index < -0.39 is 5.82 Å². The van der Waals surface area contributed by atoms with E-state index >= 15 is 0 Å². The van der Waals surface area contributed by atoms with Crippen molar-refractivity contribution in [2.24, 2.45) is 0 Å². The average Bonchev–Trinajstić information content (AvgIpc) is 3.34. The lowest BCUT2D eigenvalue weighted by atomic mass is 10.0. The number of halogens is 1. The molecule has 1 fully saturated rings. The molecule has 0 saturated carbocycles. The summed E-state index contributed by atoms with van der Waals surface area (Å²) < 4.78 is 18.8. The fraction of sp³-hybridized carbons (Fsp3) is 0.320. The molecule has 1 aromatic heterocycles. The molecule has 32 heavy (non-hydrogen) atoms. The monoisotopic (exact) mass is 453 g/mol. The van der Waals surface area contributed by atoms with Gasteiger partial charge in [0.15, 0.2) is 0 Å². The lowest BCUT2D eigenvalue weighted by Gasteiger charge is -2.42. The van der Waals surface area contributed by atoms with Crippen molar-refractivity contribution in [2.75, 3.05) is 38.2 Å². The molecule has 0 radical (unpaired) electrons. The van der Waals surface area contributed by atoms with Crippen molar-refractivity contribution in [2.45, 2.75) is 19.0 Å². The summed E-state index contributed by atoms with van der Waals surface area (Å²) in [6.45, 7) is 5.60. The summed E-state index contributed by atoms with van der Waals surface area (Å²) in [4.78, 5) is 18.8. The number of methoxy groups -OCH3 is 1. The minimum Gasteiger partial charge on any atom is -0.497 e. The van der Waals surface area contributed by atoms with E-state index in [0.29, 0.717) is 5.56 Å². The molecule has 4 rings (SSSR count). The van der Waals surface area contributed by atoms with Gasteiger partial charge < -0.3 is 15.0 Å². The van der Waals surface area contributed by atoms with Crippen LogP contribution in [0, 0.1) is 5.82 Å². The quantitative estimate of drug-likeness (QED) is 0.569. The Bertz CT molecular complexity index is 1020. The van der Waals surface area contributed by atoms with Crippen LogP contribution >= 0.6 is 11.3 Å². The van der Waals surface area contributed by atoms with Gasteiger partial charge in [0.05, 0.1) is 13.2 Å². The molecule has 1 aliphatic rings. The van der Waals surface area contributed by atoms with Crippen molar-refractivity contribution >= 4 is 22.9 Å². The number of anilines is 1. The van der Waals surface area contributed by atoms with Gasteiger partial charge in [0, 0.05) is 48.3 Å². The number of rotatable bonds is 7. The van der Waals surface area contributed by atoms with E-state index in [4.69, 9.17) is 4.74 Å². The first-order valence-corrected chi connectivity index (χ1v) is 11.7. The van der Waals surface area contributed by atoms with Gasteiger partial charge in [0.1, 0.15) is 11.6 Å². The predicted octanol–water partition coefficient (Wildman–Crippen LogP) is 4.58. The molecule has 0 bridgehead atoms. The third-order valence-electron chi connectivity index (χ3n) is 5.90. The highest BCUT2D eigenvalue weighted by Crippen LogP contribution is 2.30. The van der Waals surface area contributed by atoms with Crippen LogP contribution in [0.15, 0.2) is 66.0 Å². The van der Waals surface area contributed by atoms with Crippen LogP contribution in [-0.2, 0) is 0 Å². The Morgan fingerprint density at radius 2 is 1.81 bits per heavy atom. The molecule has 1 amide bonds. The number of benzene rings is 2. The summed E-state index contributed by atoms with van der Waals surface area (Å²) in [5.74, 6) is 0.193. The average molecular weight is 454 g/mol. The van der Waals surface area contributed by atoms with Gasteiger partial charge in [-0.05, 0) is 60.8 Å². The zero-order valence-corrected chi connectivity index (χ0v) is 19.1. The molecule has 2 atom stereocenters. The van der Waals surface area contributed by atoms with Crippen molar-refractivity contribution in [3.63, 3.8) is 0 Å². The summed E-state index contributed by atoms with van der Waals surface area (Å²) in [6, 6.07) is 18.1. The zero-order chi connectivity index (χ0) is 22.5. The van der Waals surface area contributed by atoms with Crippen molar-refractivity contribution < 1.29 is 13.9 Å². The number of carbonyl (C=O) groups excluding carboxylic acids is 1. The number of amides is 1. The largest absolute Gasteiger partial charge is 0.497 e. The smallest absolute Gasteiger partial charge is 0.251 e. The van der Waals surface area contributed by atoms with Crippen molar-refractivity contribution in [1.29, 1.82) is 0 Å². The fourth-order valence-electron chi connectivity index (χ4n) is 4.25. The highest BCUT2D eigenvalue weighted by molar-refractivity contribution is 7.10. The van der Waals surface area contributed by atoms with Gasteiger partial charge in [0.2, 0.25) is 0 Å². The third kappa shape index (κ3) is 5.11. The van der Waals surface area contributed by atoms with Crippen LogP contribution in [0.5, 0.6) is 5.75 Å². The van der Waals surface area contributed by atoms with E-state index in [0.717, 1.165) is 31.9 Å². The summed E-state index contributed by atoms with van der Waals surface area (Å²) in [5, 5.41) is 5.16. The van der Waals surface area contributed by atoms with E-state index in [1.165, 1.54) is 22.7 Å². The number of hydrogen-bond donors (Lipinski definition) is 1. The molecule has 3 aromatic rings. The van der Waals surface area contributed by atoms with E-state index in [1.807, 2.05) is 25.1 Å².